The third-order valence-corrected chi connectivity index (χ3v) is 4.65. The summed E-state index contributed by atoms with van der Waals surface area (Å²) in [5, 5.41) is 0. The van der Waals surface area contributed by atoms with Crippen molar-refractivity contribution in [1.82, 2.24) is 9.80 Å². The fraction of sp³-hybridized carbons (Fsp3) is 0.409. The van der Waals surface area contributed by atoms with Crippen LogP contribution in [0, 0.1) is 5.92 Å². The van der Waals surface area contributed by atoms with Crippen LogP contribution in [0.25, 0.3) is 0 Å². The van der Waals surface area contributed by atoms with E-state index in [2.05, 4.69) is 13.8 Å². The van der Waals surface area contributed by atoms with Gasteiger partial charge in [0.15, 0.2) is 12.4 Å². The molecule has 1 aliphatic heterocycles. The molecule has 30 heavy (non-hydrogen) atoms. The maximum atomic E-state index is 12.3. The Morgan fingerprint density at radius 3 is 2.27 bits per heavy atom. The summed E-state index contributed by atoms with van der Waals surface area (Å²) in [6.07, 6.45) is 1.45. The number of furan rings is 1. The molecule has 1 saturated heterocycles. The Balaban J connectivity index is 1.42. The monoisotopic (exact) mass is 414 g/mol. The molecule has 0 bridgehead atoms. The standard InChI is InChI=1S/C22H26N2O6/c1-16(2)14-29-18-7-5-17(6-8-18)22(27)30-15-20(25)23-9-11-24(12-10-23)21(26)19-4-3-13-28-19/h3-8,13,16H,9-12,14-15H2,1-2H3. The van der Waals surface area contributed by atoms with E-state index in [-0.39, 0.29) is 24.2 Å². The van der Waals surface area contributed by atoms with E-state index in [1.165, 1.54) is 6.26 Å². The second-order valence-electron chi connectivity index (χ2n) is 7.46. The molecule has 2 aromatic rings. The quantitative estimate of drug-likeness (QED) is 0.647. The van der Waals surface area contributed by atoms with Crippen LogP contribution in [0.5, 0.6) is 5.75 Å². The third kappa shape index (κ3) is 5.62. The van der Waals surface area contributed by atoms with E-state index >= 15 is 0 Å². The van der Waals surface area contributed by atoms with Gasteiger partial charge < -0.3 is 23.7 Å². The fourth-order valence-electron chi connectivity index (χ4n) is 2.97. The van der Waals surface area contributed by atoms with Crippen LogP contribution in [0.2, 0.25) is 0 Å². The van der Waals surface area contributed by atoms with Crippen molar-refractivity contribution in [2.75, 3.05) is 39.4 Å². The highest BCUT2D eigenvalue weighted by molar-refractivity contribution is 5.92. The first kappa shape index (κ1) is 21.4. The molecular formula is C22H26N2O6. The van der Waals surface area contributed by atoms with Crippen molar-refractivity contribution in [2.24, 2.45) is 5.92 Å². The Kier molecular flexibility index (Phi) is 7.11. The first-order valence-corrected chi connectivity index (χ1v) is 9.94. The van der Waals surface area contributed by atoms with Crippen LogP contribution in [0.1, 0.15) is 34.8 Å². The van der Waals surface area contributed by atoms with E-state index in [1.54, 1.807) is 46.2 Å². The van der Waals surface area contributed by atoms with Gasteiger partial charge in [-0.25, -0.2) is 4.79 Å². The zero-order valence-electron chi connectivity index (χ0n) is 17.2. The molecule has 8 nitrogen and oxygen atoms in total. The van der Waals surface area contributed by atoms with Gasteiger partial charge in [0.1, 0.15) is 5.75 Å². The van der Waals surface area contributed by atoms with Crippen molar-refractivity contribution >= 4 is 17.8 Å². The van der Waals surface area contributed by atoms with Crippen LogP contribution in [0.3, 0.4) is 0 Å². The molecule has 8 heteroatoms. The largest absolute Gasteiger partial charge is 0.493 e. The number of amides is 2. The molecule has 0 unspecified atom stereocenters. The van der Waals surface area contributed by atoms with E-state index in [0.717, 1.165) is 0 Å². The molecule has 0 spiro atoms. The van der Waals surface area contributed by atoms with Crippen molar-refractivity contribution < 1.29 is 28.3 Å². The van der Waals surface area contributed by atoms with Crippen molar-refractivity contribution in [2.45, 2.75) is 13.8 Å². The van der Waals surface area contributed by atoms with Gasteiger partial charge in [0, 0.05) is 26.2 Å². The molecule has 0 radical (unpaired) electrons. The zero-order chi connectivity index (χ0) is 21.5. The van der Waals surface area contributed by atoms with Gasteiger partial charge in [-0.1, -0.05) is 13.8 Å². The summed E-state index contributed by atoms with van der Waals surface area (Å²) in [5.41, 5.74) is 0.355. The van der Waals surface area contributed by atoms with Gasteiger partial charge in [-0.15, -0.1) is 0 Å². The van der Waals surface area contributed by atoms with E-state index < -0.39 is 5.97 Å². The van der Waals surface area contributed by atoms with Gasteiger partial charge in [-0.05, 0) is 42.3 Å². The molecule has 1 aromatic heterocycles. The van der Waals surface area contributed by atoms with Gasteiger partial charge in [0.2, 0.25) is 0 Å². The first-order chi connectivity index (χ1) is 14.4. The lowest BCUT2D eigenvalue weighted by atomic mass is 10.2. The number of ether oxygens (including phenoxy) is 2. The molecule has 3 rings (SSSR count). The third-order valence-electron chi connectivity index (χ3n) is 4.65. The topological polar surface area (TPSA) is 89.3 Å². The van der Waals surface area contributed by atoms with Crippen molar-refractivity contribution in [3.05, 3.63) is 54.0 Å². The summed E-state index contributed by atoms with van der Waals surface area (Å²) in [6, 6.07) is 9.91. The van der Waals surface area contributed by atoms with E-state index in [0.29, 0.717) is 50.0 Å². The average molecular weight is 414 g/mol. The highest BCUT2D eigenvalue weighted by Gasteiger charge is 2.26. The molecule has 160 valence electrons. The van der Waals surface area contributed by atoms with Gasteiger partial charge in [-0.2, -0.15) is 0 Å². The number of carbonyl (C=O) groups is 3. The predicted molar refractivity (Wildman–Crippen MR) is 108 cm³/mol. The number of piperazine rings is 1. The van der Waals surface area contributed by atoms with E-state index in [1.807, 2.05) is 0 Å². The number of hydrogen-bond donors (Lipinski definition) is 0. The maximum absolute atomic E-state index is 12.3. The molecule has 1 aliphatic rings. The van der Waals surface area contributed by atoms with Crippen LogP contribution >= 0.6 is 0 Å². The van der Waals surface area contributed by atoms with Crippen LogP contribution in [0.15, 0.2) is 47.1 Å². The lowest BCUT2D eigenvalue weighted by Crippen LogP contribution is -2.51. The molecule has 0 saturated carbocycles. The highest BCUT2D eigenvalue weighted by Crippen LogP contribution is 2.14. The normalized spacial score (nSPS) is 14.0. The van der Waals surface area contributed by atoms with E-state index in [9.17, 15) is 14.4 Å². The Morgan fingerprint density at radius 1 is 1.00 bits per heavy atom. The number of rotatable bonds is 7. The lowest BCUT2D eigenvalue weighted by Gasteiger charge is -2.34. The molecule has 1 fully saturated rings. The van der Waals surface area contributed by atoms with Crippen LogP contribution in [-0.2, 0) is 9.53 Å². The Labute approximate surface area is 175 Å². The maximum Gasteiger partial charge on any atom is 0.338 e. The Morgan fingerprint density at radius 2 is 1.67 bits per heavy atom. The lowest BCUT2D eigenvalue weighted by molar-refractivity contribution is -0.136. The smallest absolute Gasteiger partial charge is 0.338 e. The summed E-state index contributed by atoms with van der Waals surface area (Å²) in [4.78, 5) is 40.0. The summed E-state index contributed by atoms with van der Waals surface area (Å²) in [5.74, 6) is 0.323. The molecule has 0 N–H and O–H groups in total. The minimum Gasteiger partial charge on any atom is -0.493 e. The molecule has 2 amide bonds. The number of benzene rings is 1. The van der Waals surface area contributed by atoms with E-state index in [4.69, 9.17) is 13.9 Å². The second kappa shape index (κ2) is 9.96. The van der Waals surface area contributed by atoms with Gasteiger partial charge in [0.25, 0.3) is 11.8 Å². The SMILES string of the molecule is CC(C)COc1ccc(C(=O)OCC(=O)N2CCN(C(=O)c3ccco3)CC2)cc1. The minimum absolute atomic E-state index is 0.195. The van der Waals surface area contributed by atoms with Gasteiger partial charge in [0.05, 0.1) is 18.4 Å². The summed E-state index contributed by atoms with van der Waals surface area (Å²) in [7, 11) is 0. The molecule has 1 aromatic carbocycles. The summed E-state index contributed by atoms with van der Waals surface area (Å²) < 4.78 is 15.9. The average Bonchev–Trinajstić information content (AvgIpc) is 3.30. The van der Waals surface area contributed by atoms with Crippen LogP contribution in [-0.4, -0.2) is 67.0 Å². The van der Waals surface area contributed by atoms with Crippen molar-refractivity contribution in [3.63, 3.8) is 0 Å². The Bertz CT molecular complexity index is 852. The number of hydrogen-bond acceptors (Lipinski definition) is 6. The first-order valence-electron chi connectivity index (χ1n) is 9.94. The fourth-order valence-corrected chi connectivity index (χ4v) is 2.97. The zero-order valence-corrected chi connectivity index (χ0v) is 17.2. The van der Waals surface area contributed by atoms with Gasteiger partial charge >= 0.3 is 5.97 Å². The number of esters is 1. The molecule has 0 atom stereocenters. The Hall–Kier alpha value is -3.29. The second-order valence-corrected chi connectivity index (χ2v) is 7.46. The number of nitrogens with zero attached hydrogens (tertiary/aromatic N) is 2. The summed E-state index contributed by atoms with van der Waals surface area (Å²) in [6.45, 7) is 5.93. The molecule has 2 heterocycles. The van der Waals surface area contributed by atoms with Crippen molar-refractivity contribution in [1.29, 1.82) is 0 Å². The van der Waals surface area contributed by atoms with Crippen LogP contribution in [0.4, 0.5) is 0 Å². The minimum atomic E-state index is -0.564. The predicted octanol–water partition coefficient (Wildman–Crippen LogP) is 2.46. The molecule has 0 aliphatic carbocycles. The summed E-state index contributed by atoms with van der Waals surface area (Å²) >= 11 is 0. The van der Waals surface area contributed by atoms with Crippen LogP contribution < -0.4 is 4.74 Å². The highest BCUT2D eigenvalue weighted by atomic mass is 16.5. The van der Waals surface area contributed by atoms with Gasteiger partial charge in [-0.3, -0.25) is 9.59 Å². The number of carbonyl (C=O) groups excluding carboxylic acids is 3. The van der Waals surface area contributed by atoms with Crippen molar-refractivity contribution in [3.8, 4) is 5.75 Å². The molecular weight excluding hydrogens is 388 g/mol.